The van der Waals surface area contributed by atoms with Gasteiger partial charge in [0.25, 0.3) is 6.43 Å². The number of rotatable bonds is 8. The molecule has 0 atom stereocenters. The molecule has 0 aliphatic rings. The van der Waals surface area contributed by atoms with Crippen molar-refractivity contribution in [1.29, 1.82) is 5.26 Å². The molecule has 0 bridgehead atoms. The van der Waals surface area contributed by atoms with E-state index in [0.717, 1.165) is 5.52 Å². The molecule has 0 saturated carbocycles. The number of Topliss-reactive ketones (excluding diaryl/α,β-unsaturated/α-hetero) is 1. The summed E-state index contributed by atoms with van der Waals surface area (Å²) in [6.07, 6.45) is -0.985. The Labute approximate surface area is 214 Å². The number of pyridine rings is 1. The highest BCUT2D eigenvalue weighted by atomic mass is 19.3. The summed E-state index contributed by atoms with van der Waals surface area (Å²) < 4.78 is 32.6. The van der Waals surface area contributed by atoms with Gasteiger partial charge in [0.2, 0.25) is 5.88 Å². The van der Waals surface area contributed by atoms with Crippen LogP contribution in [0.5, 0.6) is 5.88 Å². The number of ketones is 1. The maximum atomic E-state index is 12.3. The van der Waals surface area contributed by atoms with Crippen LogP contribution in [0.15, 0.2) is 54.9 Å². The van der Waals surface area contributed by atoms with Gasteiger partial charge in [-0.05, 0) is 56.3 Å². The van der Waals surface area contributed by atoms with Gasteiger partial charge < -0.3 is 10.1 Å². The minimum atomic E-state index is -2.60. The van der Waals surface area contributed by atoms with E-state index in [2.05, 4.69) is 25.6 Å². The maximum Gasteiger partial charge on any atom is 0.272 e. The molecule has 1 aromatic carbocycles. The van der Waals surface area contributed by atoms with Crippen molar-refractivity contribution in [1.82, 2.24) is 34.5 Å². The number of aryl methyl sites for hydroxylation is 1. The van der Waals surface area contributed by atoms with E-state index in [1.807, 2.05) is 18.2 Å². The molecule has 38 heavy (non-hydrogen) atoms. The van der Waals surface area contributed by atoms with Gasteiger partial charge in [0.1, 0.15) is 18.2 Å². The van der Waals surface area contributed by atoms with Gasteiger partial charge in [0, 0.05) is 17.4 Å². The summed E-state index contributed by atoms with van der Waals surface area (Å²) >= 11 is 0. The first-order chi connectivity index (χ1) is 18.3. The summed E-state index contributed by atoms with van der Waals surface area (Å²) in [6.45, 7) is 2.47. The van der Waals surface area contributed by atoms with Crippen LogP contribution in [0.4, 0.5) is 20.3 Å². The number of nitrogens with one attached hydrogen (secondary N) is 1. The quantitative estimate of drug-likeness (QED) is 0.302. The van der Waals surface area contributed by atoms with E-state index in [9.17, 15) is 18.8 Å². The van der Waals surface area contributed by atoms with Crippen LogP contribution in [0, 0.1) is 18.3 Å². The number of ether oxygens (including phenoxy) is 1. The number of aromatic nitrogens is 7. The molecule has 5 rings (SSSR count). The number of nitrogens with zero attached hydrogens (tertiary/aromatic N) is 8. The predicted octanol–water partition coefficient (Wildman–Crippen LogP) is 4.17. The lowest BCUT2D eigenvalue weighted by Gasteiger charge is -2.11. The first-order valence-electron chi connectivity index (χ1n) is 11.3. The van der Waals surface area contributed by atoms with Crippen molar-refractivity contribution in [3.8, 4) is 23.6 Å². The number of carbonyl (C=O) groups is 1. The number of alkyl halides is 2. The fourth-order valence-electron chi connectivity index (χ4n) is 3.79. The molecule has 1 N–H and O–H groups in total. The highest BCUT2D eigenvalue weighted by Crippen LogP contribution is 2.25. The number of anilines is 2. The highest BCUT2D eigenvalue weighted by Gasteiger charge is 2.17. The summed E-state index contributed by atoms with van der Waals surface area (Å²) in [6, 6.07) is 15.5. The lowest BCUT2D eigenvalue weighted by molar-refractivity contribution is 0.0791. The minimum Gasteiger partial charge on any atom is -0.471 e. The largest absolute Gasteiger partial charge is 0.471 e. The van der Waals surface area contributed by atoms with Crippen LogP contribution in [-0.4, -0.2) is 53.3 Å². The Morgan fingerprint density at radius 2 is 2.00 bits per heavy atom. The summed E-state index contributed by atoms with van der Waals surface area (Å²) in [5.74, 6) is 1.03. The van der Waals surface area contributed by atoms with Crippen LogP contribution in [0.3, 0.4) is 0 Å². The Hall–Kier alpha value is -5.25. The second-order valence-corrected chi connectivity index (χ2v) is 8.19. The van der Waals surface area contributed by atoms with Gasteiger partial charge in [0.15, 0.2) is 29.7 Å². The highest BCUT2D eigenvalue weighted by molar-refractivity contribution is 5.97. The minimum absolute atomic E-state index is 0.00172. The molecular weight excluding hydrogens is 496 g/mol. The van der Waals surface area contributed by atoms with E-state index >= 15 is 0 Å². The molecule has 0 unspecified atom stereocenters. The molecule has 13 heteroatoms. The normalized spacial score (nSPS) is 11.1. The molecule has 190 valence electrons. The Balaban J connectivity index is 1.44. The molecule has 0 saturated heterocycles. The number of nitriles is 1. The van der Waals surface area contributed by atoms with Gasteiger partial charge in [-0.3, -0.25) is 9.36 Å². The third kappa shape index (κ3) is 4.87. The van der Waals surface area contributed by atoms with Crippen LogP contribution in [0.1, 0.15) is 28.7 Å². The number of carbonyl (C=O) groups excluding carboxylic acids is 1. The average molecular weight is 515 g/mol. The van der Waals surface area contributed by atoms with E-state index in [1.165, 1.54) is 17.7 Å². The Morgan fingerprint density at radius 1 is 1.16 bits per heavy atom. The number of hydrogen-bond donors (Lipinski definition) is 1. The topological polar surface area (TPSA) is 136 Å². The zero-order valence-corrected chi connectivity index (χ0v) is 20.1. The van der Waals surface area contributed by atoms with Crippen molar-refractivity contribution >= 4 is 28.3 Å². The fourth-order valence-corrected chi connectivity index (χ4v) is 3.79. The van der Waals surface area contributed by atoms with Crippen molar-refractivity contribution in [2.45, 2.75) is 20.3 Å². The molecule has 0 spiro atoms. The predicted molar refractivity (Wildman–Crippen MR) is 132 cm³/mol. The smallest absolute Gasteiger partial charge is 0.272 e. The van der Waals surface area contributed by atoms with Crippen LogP contribution < -0.4 is 10.1 Å². The molecule has 4 aromatic heterocycles. The van der Waals surface area contributed by atoms with E-state index < -0.39 is 13.0 Å². The lowest BCUT2D eigenvalue weighted by Crippen LogP contribution is -2.11. The van der Waals surface area contributed by atoms with Gasteiger partial charge in [-0.25, -0.2) is 23.4 Å². The second-order valence-electron chi connectivity index (χ2n) is 8.19. The fraction of sp³-hybridized carbons (Fsp3) is 0.160. The van der Waals surface area contributed by atoms with Crippen molar-refractivity contribution in [3.05, 3.63) is 71.8 Å². The standard InChI is InChI=1S/C25H19F2N9O2/c1-14-9-17(11-28)34-36(14)25-18(15(2)37)4-7-23(31-25)35-13-29-19-10-16(3-5-20(19)35)30-22-6-8-24(33-32-22)38-12-21(26)27/h3-10,13,21H,12H2,1-2H3,(H,30,32). The Bertz CT molecular complexity index is 1690. The molecular formula is C25H19F2N9O2. The Kier molecular flexibility index (Phi) is 6.44. The van der Waals surface area contributed by atoms with Crippen LogP contribution >= 0.6 is 0 Å². The summed E-state index contributed by atoms with van der Waals surface area (Å²) in [5.41, 5.74) is 3.33. The molecule has 4 heterocycles. The lowest BCUT2D eigenvalue weighted by atomic mass is 10.2. The van der Waals surface area contributed by atoms with Crippen molar-refractivity contribution < 1.29 is 18.3 Å². The molecule has 0 radical (unpaired) electrons. The van der Waals surface area contributed by atoms with E-state index in [-0.39, 0.29) is 17.4 Å². The first kappa shape index (κ1) is 24.4. The van der Waals surface area contributed by atoms with Crippen molar-refractivity contribution in [3.63, 3.8) is 0 Å². The zero-order valence-electron chi connectivity index (χ0n) is 20.1. The maximum absolute atomic E-state index is 12.3. The van der Waals surface area contributed by atoms with Gasteiger partial charge in [-0.15, -0.1) is 10.2 Å². The number of imidazole rings is 1. The van der Waals surface area contributed by atoms with Crippen LogP contribution in [-0.2, 0) is 0 Å². The van der Waals surface area contributed by atoms with Gasteiger partial charge in [0.05, 0.1) is 16.6 Å². The third-order valence-corrected chi connectivity index (χ3v) is 5.51. The SMILES string of the molecule is CC(=O)c1ccc(-n2cnc3cc(Nc4ccc(OCC(F)F)nn4)ccc32)nc1-n1nc(C#N)cc1C. The van der Waals surface area contributed by atoms with Crippen molar-refractivity contribution in [2.24, 2.45) is 0 Å². The van der Waals surface area contributed by atoms with E-state index in [1.54, 1.807) is 48.1 Å². The van der Waals surface area contributed by atoms with E-state index in [4.69, 9.17) is 9.72 Å². The molecule has 0 amide bonds. The molecule has 0 aliphatic carbocycles. The summed E-state index contributed by atoms with van der Waals surface area (Å²) in [7, 11) is 0. The third-order valence-electron chi connectivity index (χ3n) is 5.51. The number of hydrogen-bond acceptors (Lipinski definition) is 9. The first-order valence-corrected chi connectivity index (χ1v) is 11.3. The van der Waals surface area contributed by atoms with E-state index in [0.29, 0.717) is 39.9 Å². The van der Waals surface area contributed by atoms with Gasteiger partial charge in [-0.1, -0.05) is 0 Å². The zero-order chi connectivity index (χ0) is 26.8. The average Bonchev–Trinajstić information content (AvgIpc) is 3.50. The summed E-state index contributed by atoms with van der Waals surface area (Å²) in [4.78, 5) is 21.4. The van der Waals surface area contributed by atoms with Crippen LogP contribution in [0.25, 0.3) is 22.7 Å². The Morgan fingerprint density at radius 3 is 2.68 bits per heavy atom. The summed E-state index contributed by atoms with van der Waals surface area (Å²) in [5, 5.41) is 24.3. The van der Waals surface area contributed by atoms with Gasteiger partial charge >= 0.3 is 0 Å². The molecule has 0 fully saturated rings. The van der Waals surface area contributed by atoms with Crippen molar-refractivity contribution in [2.75, 3.05) is 11.9 Å². The molecule has 0 aliphatic heterocycles. The monoisotopic (exact) mass is 515 g/mol. The second kappa shape index (κ2) is 10.0. The number of benzene rings is 1. The molecule has 5 aromatic rings. The van der Waals surface area contributed by atoms with Gasteiger partial charge in [-0.2, -0.15) is 10.4 Å². The number of halogens is 2. The van der Waals surface area contributed by atoms with Crippen LogP contribution in [0.2, 0.25) is 0 Å². The number of fused-ring (bicyclic) bond motifs is 1. The molecule has 11 nitrogen and oxygen atoms in total.